The molecule has 1 saturated carbocycles. The molecule has 0 heterocycles. The van der Waals surface area contributed by atoms with Gasteiger partial charge in [-0.15, -0.1) is 0 Å². The van der Waals surface area contributed by atoms with Crippen molar-refractivity contribution in [2.45, 2.75) is 43.1 Å². The normalized spacial score (nSPS) is 47.2. The van der Waals surface area contributed by atoms with Crippen LogP contribution in [0.1, 0.15) is 0 Å². The average molecular weight is 226 g/mol. The summed E-state index contributed by atoms with van der Waals surface area (Å²) in [6.07, 6.45) is -10.3. The summed E-state index contributed by atoms with van der Waals surface area (Å²) in [5.74, 6) is 0. The average Bonchev–Trinajstić information content (AvgIpc) is 2.18. The van der Waals surface area contributed by atoms with E-state index in [1.807, 2.05) is 0 Å². The summed E-state index contributed by atoms with van der Waals surface area (Å²) in [5, 5.41) is 63.1. The maximum atomic E-state index is 9.32. The van der Waals surface area contributed by atoms with Gasteiger partial charge in [0, 0.05) is 0 Å². The molecule has 0 unspecified atom stereocenters. The lowest BCUT2D eigenvalue weighted by Gasteiger charge is -2.41. The standard InChI is InChI=1S/C7H14O8/c8-1-2(9)4(11)6(15-7(13)14)5(12)3(1)10/h1-14H/t1-,2-,3+,4-,5-,6-/m0/s1. The first-order chi connectivity index (χ1) is 6.86. The highest BCUT2D eigenvalue weighted by atomic mass is 16.7. The van der Waals surface area contributed by atoms with Gasteiger partial charge in [-0.05, 0) is 0 Å². The molecule has 1 fully saturated rings. The molecular formula is C7H14O8. The Morgan fingerprint density at radius 2 is 1.00 bits per heavy atom. The monoisotopic (exact) mass is 226 g/mol. The summed E-state index contributed by atoms with van der Waals surface area (Å²) in [6, 6.07) is 0. The van der Waals surface area contributed by atoms with Crippen molar-refractivity contribution in [1.29, 1.82) is 0 Å². The van der Waals surface area contributed by atoms with E-state index in [2.05, 4.69) is 4.74 Å². The van der Waals surface area contributed by atoms with E-state index < -0.39 is 43.1 Å². The molecule has 0 amide bonds. The Hall–Kier alpha value is -0.320. The summed E-state index contributed by atoms with van der Waals surface area (Å²) in [7, 11) is 0. The van der Waals surface area contributed by atoms with E-state index in [4.69, 9.17) is 15.3 Å². The Morgan fingerprint density at radius 3 is 1.33 bits per heavy atom. The Kier molecular flexibility index (Phi) is 3.98. The van der Waals surface area contributed by atoms with E-state index in [-0.39, 0.29) is 0 Å². The van der Waals surface area contributed by atoms with Crippen LogP contribution in [0, 0.1) is 0 Å². The molecule has 0 bridgehead atoms. The first kappa shape index (κ1) is 12.7. The predicted molar refractivity (Wildman–Crippen MR) is 43.1 cm³/mol. The summed E-state index contributed by atoms with van der Waals surface area (Å²) < 4.78 is 4.28. The highest BCUT2D eigenvalue weighted by molar-refractivity contribution is 4.99. The smallest absolute Gasteiger partial charge is 0.266 e. The van der Waals surface area contributed by atoms with Gasteiger partial charge in [0.25, 0.3) is 6.48 Å². The number of aliphatic hydroxyl groups is 7. The van der Waals surface area contributed by atoms with E-state index in [0.29, 0.717) is 0 Å². The van der Waals surface area contributed by atoms with Gasteiger partial charge in [-0.2, -0.15) is 0 Å². The minimum atomic E-state index is -2.27. The highest BCUT2D eigenvalue weighted by Gasteiger charge is 2.49. The molecule has 15 heavy (non-hydrogen) atoms. The Labute approximate surface area is 84.6 Å². The van der Waals surface area contributed by atoms with E-state index in [1.54, 1.807) is 0 Å². The van der Waals surface area contributed by atoms with Crippen molar-refractivity contribution in [2.75, 3.05) is 0 Å². The van der Waals surface area contributed by atoms with Crippen LogP contribution in [0.5, 0.6) is 0 Å². The maximum absolute atomic E-state index is 9.32. The molecule has 6 atom stereocenters. The van der Waals surface area contributed by atoms with Crippen LogP contribution in [-0.4, -0.2) is 78.8 Å². The number of aliphatic hydroxyl groups excluding tert-OH is 6. The molecule has 1 rings (SSSR count). The molecule has 0 radical (unpaired) electrons. The third-order valence-corrected chi connectivity index (χ3v) is 2.35. The second kappa shape index (κ2) is 4.68. The topological polar surface area (TPSA) is 151 Å². The van der Waals surface area contributed by atoms with Gasteiger partial charge < -0.3 is 40.5 Å². The molecule has 0 saturated heterocycles. The van der Waals surface area contributed by atoms with Crippen LogP contribution in [0.15, 0.2) is 0 Å². The van der Waals surface area contributed by atoms with Crippen molar-refractivity contribution in [3.05, 3.63) is 0 Å². The first-order valence-corrected chi connectivity index (χ1v) is 4.28. The van der Waals surface area contributed by atoms with Crippen LogP contribution in [-0.2, 0) is 4.74 Å². The second-order valence-corrected chi connectivity index (χ2v) is 3.38. The molecule has 0 spiro atoms. The maximum Gasteiger partial charge on any atom is 0.266 e. The molecular weight excluding hydrogens is 212 g/mol. The molecule has 0 aliphatic heterocycles. The Morgan fingerprint density at radius 1 is 0.667 bits per heavy atom. The van der Waals surface area contributed by atoms with E-state index in [0.717, 1.165) is 0 Å². The Bertz CT molecular complexity index is 193. The third-order valence-electron chi connectivity index (χ3n) is 2.35. The fourth-order valence-corrected chi connectivity index (χ4v) is 1.50. The largest absolute Gasteiger partial charge is 0.387 e. The predicted octanol–water partition coefficient (Wildman–Crippen LogP) is -4.54. The van der Waals surface area contributed by atoms with Crippen molar-refractivity contribution in [1.82, 2.24) is 0 Å². The van der Waals surface area contributed by atoms with Gasteiger partial charge in [0.15, 0.2) is 0 Å². The number of rotatable bonds is 2. The molecule has 7 N–H and O–H groups in total. The van der Waals surface area contributed by atoms with E-state index >= 15 is 0 Å². The van der Waals surface area contributed by atoms with Crippen molar-refractivity contribution in [2.24, 2.45) is 0 Å². The lowest BCUT2D eigenvalue weighted by molar-refractivity contribution is -0.316. The van der Waals surface area contributed by atoms with Gasteiger partial charge in [0.1, 0.15) is 36.6 Å². The van der Waals surface area contributed by atoms with Crippen LogP contribution in [0.25, 0.3) is 0 Å². The highest BCUT2D eigenvalue weighted by Crippen LogP contribution is 2.24. The van der Waals surface area contributed by atoms with Crippen LogP contribution in [0.2, 0.25) is 0 Å². The van der Waals surface area contributed by atoms with Gasteiger partial charge in [-0.1, -0.05) is 0 Å². The summed E-state index contributed by atoms with van der Waals surface area (Å²) in [6.45, 7) is -2.27. The van der Waals surface area contributed by atoms with Crippen LogP contribution < -0.4 is 0 Å². The molecule has 0 aromatic heterocycles. The zero-order valence-electron chi connectivity index (χ0n) is 7.58. The third kappa shape index (κ3) is 2.44. The van der Waals surface area contributed by atoms with Crippen molar-refractivity contribution < 1.29 is 40.5 Å². The van der Waals surface area contributed by atoms with Crippen LogP contribution in [0.3, 0.4) is 0 Å². The SMILES string of the molecule is OC(O)O[C@@H]1[C@@H](O)[C@H](O)[C@@H](O)[C@H](O)[C@@H]1O. The molecule has 1 aliphatic carbocycles. The van der Waals surface area contributed by atoms with Gasteiger partial charge in [-0.3, -0.25) is 0 Å². The minimum Gasteiger partial charge on any atom is -0.387 e. The molecule has 8 nitrogen and oxygen atoms in total. The van der Waals surface area contributed by atoms with Crippen molar-refractivity contribution in [3.8, 4) is 0 Å². The summed E-state index contributed by atoms with van der Waals surface area (Å²) in [5.41, 5.74) is 0. The van der Waals surface area contributed by atoms with Gasteiger partial charge in [0.05, 0.1) is 0 Å². The molecule has 1 aliphatic rings. The fraction of sp³-hybridized carbons (Fsp3) is 1.00. The van der Waals surface area contributed by atoms with Crippen molar-refractivity contribution in [3.63, 3.8) is 0 Å². The molecule has 8 heteroatoms. The second-order valence-electron chi connectivity index (χ2n) is 3.38. The van der Waals surface area contributed by atoms with Gasteiger partial charge in [0.2, 0.25) is 0 Å². The number of hydrogen-bond donors (Lipinski definition) is 7. The fourth-order valence-electron chi connectivity index (χ4n) is 1.50. The number of ether oxygens (including phenoxy) is 1. The van der Waals surface area contributed by atoms with Gasteiger partial charge >= 0.3 is 0 Å². The van der Waals surface area contributed by atoms with Crippen molar-refractivity contribution >= 4 is 0 Å². The lowest BCUT2D eigenvalue weighted by Crippen LogP contribution is -2.64. The molecule has 0 aromatic carbocycles. The first-order valence-electron chi connectivity index (χ1n) is 4.28. The zero-order valence-corrected chi connectivity index (χ0v) is 7.58. The number of hydrogen-bond acceptors (Lipinski definition) is 8. The lowest BCUT2D eigenvalue weighted by atomic mass is 9.85. The Balaban J connectivity index is 2.77. The van der Waals surface area contributed by atoms with Crippen LogP contribution in [0.4, 0.5) is 0 Å². The zero-order chi connectivity index (χ0) is 11.7. The molecule has 90 valence electrons. The summed E-state index contributed by atoms with van der Waals surface area (Å²) >= 11 is 0. The molecule has 0 aromatic rings. The van der Waals surface area contributed by atoms with E-state index in [1.165, 1.54) is 0 Å². The van der Waals surface area contributed by atoms with Crippen LogP contribution >= 0.6 is 0 Å². The minimum absolute atomic E-state index is 1.60. The quantitative estimate of drug-likeness (QED) is 0.232. The summed E-state index contributed by atoms with van der Waals surface area (Å²) in [4.78, 5) is 0. The van der Waals surface area contributed by atoms with Gasteiger partial charge in [-0.25, -0.2) is 0 Å². The van der Waals surface area contributed by atoms with E-state index in [9.17, 15) is 20.4 Å².